The molecule has 0 saturated heterocycles. The van der Waals surface area contributed by atoms with Crippen LogP contribution in [0.2, 0.25) is 0 Å². The van der Waals surface area contributed by atoms with Gasteiger partial charge in [0.2, 0.25) is 0 Å². The van der Waals surface area contributed by atoms with E-state index in [1.807, 2.05) is 31.2 Å². The van der Waals surface area contributed by atoms with E-state index in [0.717, 1.165) is 0 Å². The molecule has 1 aliphatic rings. The molecule has 0 aromatic heterocycles. The van der Waals surface area contributed by atoms with E-state index in [4.69, 9.17) is 5.11 Å². The summed E-state index contributed by atoms with van der Waals surface area (Å²) in [5.74, 6) is -0.919. The third-order valence-corrected chi connectivity index (χ3v) is 2.20. The lowest BCUT2D eigenvalue weighted by atomic mass is 9.77. The number of carbonyl (C=O) groups is 1. The molecule has 0 heterocycles. The summed E-state index contributed by atoms with van der Waals surface area (Å²) in [5, 5.41) is 8.74. The maximum Gasteiger partial charge on any atom is 0.331 e. The third-order valence-electron chi connectivity index (χ3n) is 2.20. The number of rotatable bonds is 2. The molecular weight excluding hydrogens is 152 g/mol. The fourth-order valence-corrected chi connectivity index (χ4v) is 1.20. The largest absolute Gasteiger partial charge is 0.478 e. The number of hydrogen-bond acceptors (Lipinski definition) is 1. The SMILES string of the molecule is C=C(C(=O)O)C1(C)C=CC=CC1. The highest BCUT2D eigenvalue weighted by Crippen LogP contribution is 2.34. The molecule has 0 spiro atoms. The third kappa shape index (κ3) is 1.47. The van der Waals surface area contributed by atoms with Crippen LogP contribution in [0.4, 0.5) is 0 Å². The Labute approximate surface area is 71.9 Å². The van der Waals surface area contributed by atoms with Gasteiger partial charge in [0.05, 0.1) is 0 Å². The zero-order chi connectivity index (χ0) is 9.19. The van der Waals surface area contributed by atoms with Gasteiger partial charge in [0, 0.05) is 11.0 Å². The molecule has 0 radical (unpaired) electrons. The van der Waals surface area contributed by atoms with Gasteiger partial charge in [-0.2, -0.15) is 0 Å². The number of aliphatic carboxylic acids is 1. The fourth-order valence-electron chi connectivity index (χ4n) is 1.20. The minimum Gasteiger partial charge on any atom is -0.478 e. The van der Waals surface area contributed by atoms with E-state index in [1.54, 1.807) is 0 Å². The summed E-state index contributed by atoms with van der Waals surface area (Å²) in [6, 6.07) is 0. The molecule has 2 nitrogen and oxygen atoms in total. The summed E-state index contributed by atoms with van der Waals surface area (Å²) in [5.41, 5.74) is -0.149. The van der Waals surface area contributed by atoms with Crippen LogP contribution in [0, 0.1) is 5.41 Å². The van der Waals surface area contributed by atoms with Crippen LogP contribution in [0.3, 0.4) is 0 Å². The Balaban J connectivity index is 2.86. The predicted octanol–water partition coefficient (Wildman–Crippen LogP) is 2.15. The van der Waals surface area contributed by atoms with Crippen molar-refractivity contribution in [2.45, 2.75) is 13.3 Å². The van der Waals surface area contributed by atoms with Crippen LogP contribution < -0.4 is 0 Å². The molecule has 0 aromatic carbocycles. The van der Waals surface area contributed by atoms with Gasteiger partial charge in [-0.05, 0) is 6.42 Å². The van der Waals surface area contributed by atoms with E-state index in [1.165, 1.54) is 0 Å². The van der Waals surface area contributed by atoms with Crippen molar-refractivity contribution < 1.29 is 9.90 Å². The van der Waals surface area contributed by atoms with Crippen LogP contribution in [0.25, 0.3) is 0 Å². The molecule has 0 aromatic rings. The molecule has 1 aliphatic carbocycles. The van der Waals surface area contributed by atoms with Crippen molar-refractivity contribution in [3.05, 3.63) is 36.5 Å². The maximum atomic E-state index is 10.6. The molecule has 0 aliphatic heterocycles. The van der Waals surface area contributed by atoms with Crippen LogP contribution >= 0.6 is 0 Å². The molecule has 1 unspecified atom stereocenters. The van der Waals surface area contributed by atoms with Crippen LogP contribution in [0.15, 0.2) is 36.5 Å². The second-order valence-electron chi connectivity index (χ2n) is 3.19. The van der Waals surface area contributed by atoms with Gasteiger partial charge < -0.3 is 5.11 Å². The summed E-state index contributed by atoms with van der Waals surface area (Å²) in [7, 11) is 0. The number of carboxylic acid groups (broad SMARTS) is 1. The average Bonchev–Trinajstić information content (AvgIpc) is 2.04. The van der Waals surface area contributed by atoms with Crippen molar-refractivity contribution in [3.63, 3.8) is 0 Å². The summed E-state index contributed by atoms with van der Waals surface area (Å²) in [4.78, 5) is 10.6. The highest BCUT2D eigenvalue weighted by Gasteiger charge is 2.28. The first-order valence-electron chi connectivity index (χ1n) is 3.83. The molecule has 12 heavy (non-hydrogen) atoms. The zero-order valence-corrected chi connectivity index (χ0v) is 7.08. The Kier molecular flexibility index (Phi) is 2.18. The van der Waals surface area contributed by atoms with Gasteiger partial charge >= 0.3 is 5.97 Å². The lowest BCUT2D eigenvalue weighted by molar-refractivity contribution is -0.133. The monoisotopic (exact) mass is 164 g/mol. The minimum absolute atomic E-state index is 0.253. The van der Waals surface area contributed by atoms with Gasteiger partial charge in [0.15, 0.2) is 0 Å². The van der Waals surface area contributed by atoms with Crippen LogP contribution in [-0.2, 0) is 4.79 Å². The highest BCUT2D eigenvalue weighted by molar-refractivity contribution is 5.88. The summed E-state index contributed by atoms with van der Waals surface area (Å²) >= 11 is 0. The van der Waals surface area contributed by atoms with Crippen molar-refractivity contribution in [2.75, 3.05) is 0 Å². The van der Waals surface area contributed by atoms with Crippen LogP contribution in [-0.4, -0.2) is 11.1 Å². The average molecular weight is 164 g/mol. The van der Waals surface area contributed by atoms with Gasteiger partial charge in [-0.15, -0.1) is 0 Å². The first kappa shape index (κ1) is 8.78. The predicted molar refractivity (Wildman–Crippen MR) is 47.8 cm³/mol. The summed E-state index contributed by atoms with van der Waals surface area (Å²) in [6.45, 7) is 5.44. The van der Waals surface area contributed by atoms with E-state index >= 15 is 0 Å². The first-order valence-corrected chi connectivity index (χ1v) is 3.83. The van der Waals surface area contributed by atoms with Crippen molar-refractivity contribution in [1.82, 2.24) is 0 Å². The molecule has 0 amide bonds. The van der Waals surface area contributed by atoms with Crippen molar-refractivity contribution in [1.29, 1.82) is 0 Å². The highest BCUT2D eigenvalue weighted by atomic mass is 16.4. The molecule has 1 atom stereocenters. The molecule has 64 valence electrons. The van der Waals surface area contributed by atoms with E-state index in [-0.39, 0.29) is 5.57 Å². The Bertz CT molecular complexity index is 274. The van der Waals surface area contributed by atoms with Gasteiger partial charge in [0.25, 0.3) is 0 Å². The number of allylic oxidation sites excluding steroid dienone is 4. The quantitative estimate of drug-likeness (QED) is 0.635. The molecule has 0 bridgehead atoms. The topological polar surface area (TPSA) is 37.3 Å². The van der Waals surface area contributed by atoms with E-state index in [2.05, 4.69) is 6.58 Å². The van der Waals surface area contributed by atoms with Gasteiger partial charge in [0.1, 0.15) is 0 Å². The van der Waals surface area contributed by atoms with Crippen molar-refractivity contribution in [3.8, 4) is 0 Å². The van der Waals surface area contributed by atoms with Crippen LogP contribution in [0.5, 0.6) is 0 Å². The van der Waals surface area contributed by atoms with Gasteiger partial charge in [-0.25, -0.2) is 4.79 Å². The van der Waals surface area contributed by atoms with Crippen molar-refractivity contribution in [2.24, 2.45) is 5.41 Å². The molecule has 1 rings (SSSR count). The lowest BCUT2D eigenvalue weighted by Crippen LogP contribution is -2.22. The fraction of sp³-hybridized carbons (Fsp3) is 0.300. The normalized spacial score (nSPS) is 27.1. The Morgan fingerprint density at radius 3 is 2.67 bits per heavy atom. The zero-order valence-electron chi connectivity index (χ0n) is 7.08. The van der Waals surface area contributed by atoms with Gasteiger partial charge in [-0.1, -0.05) is 37.8 Å². The minimum atomic E-state index is -0.919. The maximum absolute atomic E-state index is 10.6. The van der Waals surface area contributed by atoms with E-state index in [9.17, 15) is 4.79 Å². The second-order valence-corrected chi connectivity index (χ2v) is 3.19. The van der Waals surface area contributed by atoms with Crippen LogP contribution in [0.1, 0.15) is 13.3 Å². The molecular formula is C10H12O2. The smallest absolute Gasteiger partial charge is 0.331 e. The Morgan fingerprint density at radius 2 is 2.25 bits per heavy atom. The summed E-state index contributed by atoms with van der Waals surface area (Å²) < 4.78 is 0. The molecule has 2 heteroatoms. The van der Waals surface area contributed by atoms with E-state index < -0.39 is 11.4 Å². The Hall–Kier alpha value is -1.31. The molecule has 1 N–H and O–H groups in total. The van der Waals surface area contributed by atoms with Gasteiger partial charge in [-0.3, -0.25) is 0 Å². The Morgan fingerprint density at radius 1 is 1.58 bits per heavy atom. The van der Waals surface area contributed by atoms with E-state index in [0.29, 0.717) is 6.42 Å². The molecule has 0 saturated carbocycles. The lowest BCUT2D eigenvalue weighted by Gasteiger charge is -2.26. The first-order chi connectivity index (χ1) is 5.56. The molecule has 0 fully saturated rings. The summed E-state index contributed by atoms with van der Waals surface area (Å²) in [6.07, 6.45) is 8.32. The second kappa shape index (κ2) is 2.97. The van der Waals surface area contributed by atoms with Crippen molar-refractivity contribution >= 4 is 5.97 Å². The number of carboxylic acids is 1. The standard InChI is InChI=1S/C10H12O2/c1-8(9(11)12)10(2)6-4-3-5-7-10/h3-6H,1,7H2,2H3,(H,11,12). The number of hydrogen-bond donors (Lipinski definition) is 1.